The summed E-state index contributed by atoms with van der Waals surface area (Å²) in [5, 5.41) is 0. The molecule has 2 aromatic rings. The molecule has 0 aliphatic heterocycles. The van der Waals surface area contributed by atoms with Crippen LogP contribution in [0, 0.1) is 0 Å². The first-order valence-electron chi connectivity index (χ1n) is 6.64. The molecule has 6 heteroatoms. The highest BCUT2D eigenvalue weighted by Crippen LogP contribution is 2.26. The number of H-pyrrole nitrogens is 1. The molecule has 1 aliphatic rings. The van der Waals surface area contributed by atoms with E-state index in [1.54, 1.807) is 25.5 Å². The van der Waals surface area contributed by atoms with Gasteiger partial charge in [0.15, 0.2) is 0 Å². The van der Waals surface area contributed by atoms with Gasteiger partial charge in [-0.3, -0.25) is 0 Å². The van der Waals surface area contributed by atoms with Gasteiger partial charge in [0.1, 0.15) is 5.82 Å². The zero-order valence-corrected chi connectivity index (χ0v) is 12.2. The zero-order valence-electron chi connectivity index (χ0n) is 11.3. The summed E-state index contributed by atoms with van der Waals surface area (Å²) in [6.45, 7) is 0.242. The van der Waals surface area contributed by atoms with E-state index in [4.69, 9.17) is 0 Å². The van der Waals surface area contributed by atoms with Crippen molar-refractivity contribution in [2.75, 3.05) is 7.05 Å². The molecule has 0 bridgehead atoms. The van der Waals surface area contributed by atoms with E-state index in [1.165, 1.54) is 9.87 Å². The highest BCUT2D eigenvalue weighted by atomic mass is 32.2. The van der Waals surface area contributed by atoms with Crippen LogP contribution in [-0.4, -0.2) is 29.7 Å². The number of rotatable bonds is 4. The summed E-state index contributed by atoms with van der Waals surface area (Å²) in [4.78, 5) is 7.34. The van der Waals surface area contributed by atoms with E-state index >= 15 is 0 Å². The highest BCUT2D eigenvalue weighted by molar-refractivity contribution is 7.89. The van der Waals surface area contributed by atoms with Crippen molar-refractivity contribution >= 4 is 10.0 Å². The second-order valence-electron chi connectivity index (χ2n) is 5.08. The number of fused-ring (bicyclic) bond motifs is 1. The molecule has 0 atom stereocenters. The third-order valence-corrected chi connectivity index (χ3v) is 5.50. The van der Waals surface area contributed by atoms with Crippen LogP contribution in [0.25, 0.3) is 0 Å². The molecule has 0 amide bonds. The van der Waals surface area contributed by atoms with Gasteiger partial charge >= 0.3 is 0 Å². The van der Waals surface area contributed by atoms with Crippen molar-refractivity contribution in [1.29, 1.82) is 0 Å². The van der Waals surface area contributed by atoms with Gasteiger partial charge in [-0.15, -0.1) is 0 Å². The van der Waals surface area contributed by atoms with Crippen LogP contribution in [0.5, 0.6) is 0 Å². The average Bonchev–Trinajstić information content (AvgIpc) is 3.07. The van der Waals surface area contributed by atoms with Crippen LogP contribution in [0.15, 0.2) is 35.5 Å². The average molecular weight is 291 g/mol. The highest BCUT2D eigenvalue weighted by Gasteiger charge is 2.23. The number of nitrogens with zero attached hydrogens (tertiary/aromatic N) is 2. The Balaban J connectivity index is 1.87. The maximum atomic E-state index is 12.5. The van der Waals surface area contributed by atoms with Crippen molar-refractivity contribution in [3.05, 3.63) is 47.5 Å². The van der Waals surface area contributed by atoms with Crippen LogP contribution < -0.4 is 0 Å². The molecule has 0 fully saturated rings. The smallest absolute Gasteiger partial charge is 0.243 e. The molecule has 0 radical (unpaired) electrons. The van der Waals surface area contributed by atoms with Gasteiger partial charge in [-0.1, -0.05) is 6.07 Å². The van der Waals surface area contributed by atoms with Crippen molar-refractivity contribution in [3.63, 3.8) is 0 Å². The minimum absolute atomic E-state index is 0.242. The lowest BCUT2D eigenvalue weighted by Crippen LogP contribution is -2.27. The van der Waals surface area contributed by atoms with Gasteiger partial charge in [-0.05, 0) is 42.5 Å². The fourth-order valence-corrected chi connectivity index (χ4v) is 3.75. The van der Waals surface area contributed by atoms with Gasteiger partial charge < -0.3 is 4.98 Å². The molecule has 20 heavy (non-hydrogen) atoms. The van der Waals surface area contributed by atoms with Gasteiger partial charge in [0, 0.05) is 19.4 Å². The quantitative estimate of drug-likeness (QED) is 0.932. The van der Waals surface area contributed by atoms with Crippen molar-refractivity contribution in [3.8, 4) is 0 Å². The van der Waals surface area contributed by atoms with Crippen LogP contribution in [0.2, 0.25) is 0 Å². The Hall–Kier alpha value is -1.66. The minimum Gasteiger partial charge on any atom is -0.347 e. The van der Waals surface area contributed by atoms with Crippen molar-refractivity contribution < 1.29 is 8.42 Å². The van der Waals surface area contributed by atoms with E-state index in [0.717, 1.165) is 24.8 Å². The number of aromatic amines is 1. The molecule has 0 unspecified atom stereocenters. The number of sulfonamides is 1. The van der Waals surface area contributed by atoms with Crippen molar-refractivity contribution in [2.24, 2.45) is 0 Å². The second-order valence-corrected chi connectivity index (χ2v) is 7.13. The van der Waals surface area contributed by atoms with Gasteiger partial charge in [0.05, 0.1) is 11.4 Å². The molecule has 1 aromatic carbocycles. The Morgan fingerprint density at radius 2 is 2.10 bits per heavy atom. The first kappa shape index (κ1) is 13.3. The third kappa shape index (κ3) is 2.36. The molecule has 1 aromatic heterocycles. The van der Waals surface area contributed by atoms with E-state index in [9.17, 15) is 8.42 Å². The van der Waals surface area contributed by atoms with Crippen LogP contribution in [-0.2, 0) is 29.4 Å². The maximum absolute atomic E-state index is 12.5. The number of benzene rings is 1. The lowest BCUT2D eigenvalue weighted by Gasteiger charge is -2.16. The van der Waals surface area contributed by atoms with Crippen LogP contribution in [0.4, 0.5) is 0 Å². The largest absolute Gasteiger partial charge is 0.347 e. The maximum Gasteiger partial charge on any atom is 0.243 e. The molecule has 0 spiro atoms. The number of aryl methyl sites for hydroxylation is 2. The number of aromatic nitrogens is 2. The van der Waals surface area contributed by atoms with E-state index in [0.29, 0.717) is 10.7 Å². The summed E-state index contributed by atoms with van der Waals surface area (Å²) in [6, 6.07) is 5.46. The molecule has 106 valence electrons. The summed E-state index contributed by atoms with van der Waals surface area (Å²) in [7, 11) is -1.89. The topological polar surface area (TPSA) is 66.1 Å². The van der Waals surface area contributed by atoms with Crippen LogP contribution in [0.3, 0.4) is 0 Å². The van der Waals surface area contributed by atoms with Crippen molar-refractivity contribution in [2.45, 2.75) is 30.7 Å². The SMILES string of the molecule is CN(Cc1ncc[nH]1)S(=O)(=O)c1ccc2c(c1)CCC2. The molecule has 1 N–H and O–H groups in total. The van der Waals surface area contributed by atoms with Crippen LogP contribution >= 0.6 is 0 Å². The first-order valence-corrected chi connectivity index (χ1v) is 8.08. The van der Waals surface area contributed by atoms with E-state index in [-0.39, 0.29) is 6.54 Å². The Morgan fingerprint density at radius 3 is 2.85 bits per heavy atom. The lowest BCUT2D eigenvalue weighted by atomic mass is 10.1. The third-order valence-electron chi connectivity index (χ3n) is 3.71. The fourth-order valence-electron chi connectivity index (χ4n) is 2.57. The van der Waals surface area contributed by atoms with Gasteiger partial charge in [-0.25, -0.2) is 13.4 Å². The molecule has 1 heterocycles. The first-order chi connectivity index (χ1) is 9.57. The van der Waals surface area contributed by atoms with Gasteiger partial charge in [0.25, 0.3) is 0 Å². The zero-order chi connectivity index (χ0) is 14.2. The molecular formula is C14H17N3O2S. The summed E-state index contributed by atoms with van der Waals surface area (Å²) in [6.07, 6.45) is 6.44. The predicted molar refractivity (Wildman–Crippen MR) is 75.7 cm³/mol. The molecule has 1 aliphatic carbocycles. The van der Waals surface area contributed by atoms with Gasteiger partial charge in [0.2, 0.25) is 10.0 Å². The second kappa shape index (κ2) is 5.03. The number of nitrogens with one attached hydrogen (secondary N) is 1. The number of imidazole rings is 1. The molecular weight excluding hydrogens is 274 g/mol. The van der Waals surface area contributed by atoms with Crippen LogP contribution in [0.1, 0.15) is 23.4 Å². The molecule has 3 rings (SSSR count). The minimum atomic E-state index is -3.46. The normalized spacial score (nSPS) is 14.7. The van der Waals surface area contributed by atoms with Crippen molar-refractivity contribution in [1.82, 2.24) is 14.3 Å². The van der Waals surface area contributed by atoms with E-state index < -0.39 is 10.0 Å². The van der Waals surface area contributed by atoms with Gasteiger partial charge in [-0.2, -0.15) is 4.31 Å². The summed E-state index contributed by atoms with van der Waals surface area (Å²) in [5.74, 6) is 0.636. The molecule has 0 saturated heterocycles. The standard InChI is InChI=1S/C14H17N3O2S/c1-17(10-14-15-7-8-16-14)20(18,19)13-6-5-11-3-2-4-12(11)9-13/h5-9H,2-4,10H2,1H3,(H,15,16). The van der Waals surface area contributed by atoms with E-state index in [2.05, 4.69) is 9.97 Å². The Labute approximate surface area is 118 Å². The Bertz CT molecular complexity index is 708. The molecule has 0 saturated carbocycles. The summed E-state index contributed by atoms with van der Waals surface area (Å²) >= 11 is 0. The lowest BCUT2D eigenvalue weighted by molar-refractivity contribution is 0.458. The number of hydrogen-bond acceptors (Lipinski definition) is 3. The predicted octanol–water partition coefficient (Wildman–Crippen LogP) is 1.72. The fraction of sp³-hybridized carbons (Fsp3) is 0.357. The van der Waals surface area contributed by atoms with E-state index in [1.807, 2.05) is 12.1 Å². The summed E-state index contributed by atoms with van der Waals surface area (Å²) in [5.41, 5.74) is 2.44. The Kier molecular flexibility index (Phi) is 3.35. The number of hydrogen-bond donors (Lipinski definition) is 1. The monoisotopic (exact) mass is 291 g/mol. The summed E-state index contributed by atoms with van der Waals surface area (Å²) < 4.78 is 26.4. The Morgan fingerprint density at radius 1 is 1.30 bits per heavy atom. The molecule has 5 nitrogen and oxygen atoms in total.